The lowest BCUT2D eigenvalue weighted by molar-refractivity contribution is -0.130. The monoisotopic (exact) mass is 279 g/mol. The van der Waals surface area contributed by atoms with E-state index in [1.807, 2.05) is 24.3 Å². The van der Waals surface area contributed by atoms with Gasteiger partial charge in [-0.2, -0.15) is 0 Å². The summed E-state index contributed by atoms with van der Waals surface area (Å²) in [6, 6.07) is 7.44. The lowest BCUT2D eigenvalue weighted by Gasteiger charge is -2.11. The summed E-state index contributed by atoms with van der Waals surface area (Å²) in [7, 11) is 1.63. The van der Waals surface area contributed by atoms with Gasteiger partial charge >= 0.3 is 0 Å². The van der Waals surface area contributed by atoms with Crippen LogP contribution >= 0.6 is 0 Å². The van der Waals surface area contributed by atoms with E-state index in [0.29, 0.717) is 19.8 Å². The van der Waals surface area contributed by atoms with Gasteiger partial charge in [-0.1, -0.05) is 0 Å². The van der Waals surface area contributed by atoms with Crippen molar-refractivity contribution in [3.05, 3.63) is 24.3 Å². The first-order valence-corrected chi connectivity index (χ1v) is 6.96. The second kappa shape index (κ2) is 7.75. The minimum Gasteiger partial charge on any atom is -0.497 e. The number of carbonyl (C=O) groups is 1. The van der Waals surface area contributed by atoms with Crippen molar-refractivity contribution in [1.29, 1.82) is 0 Å². The number of nitrogens with one attached hydrogen (secondary N) is 1. The zero-order chi connectivity index (χ0) is 14.2. The SMILES string of the molecule is COc1ccc(OCCCNC(=O)[C@H]2CCCO2)cc1. The molecular weight excluding hydrogens is 258 g/mol. The number of carbonyl (C=O) groups excluding carboxylic acids is 1. The summed E-state index contributed by atoms with van der Waals surface area (Å²) < 4.78 is 16.0. The van der Waals surface area contributed by atoms with Crippen molar-refractivity contribution in [2.24, 2.45) is 0 Å². The van der Waals surface area contributed by atoms with Crippen molar-refractivity contribution in [1.82, 2.24) is 5.32 Å². The van der Waals surface area contributed by atoms with Crippen LogP contribution in [0.5, 0.6) is 11.5 Å². The van der Waals surface area contributed by atoms with Crippen LogP contribution in [0.15, 0.2) is 24.3 Å². The number of rotatable bonds is 7. The highest BCUT2D eigenvalue weighted by molar-refractivity contribution is 5.80. The van der Waals surface area contributed by atoms with Crippen LogP contribution in [0.1, 0.15) is 19.3 Å². The number of hydrogen-bond donors (Lipinski definition) is 1. The number of benzene rings is 1. The molecule has 1 aromatic carbocycles. The molecule has 1 atom stereocenters. The molecule has 1 aromatic rings. The molecule has 0 bridgehead atoms. The molecule has 1 N–H and O–H groups in total. The second-order valence-electron chi connectivity index (χ2n) is 4.67. The molecule has 1 heterocycles. The zero-order valence-electron chi connectivity index (χ0n) is 11.8. The number of ether oxygens (including phenoxy) is 3. The molecule has 2 rings (SSSR count). The number of amides is 1. The van der Waals surface area contributed by atoms with Crippen LogP contribution < -0.4 is 14.8 Å². The van der Waals surface area contributed by atoms with Crippen LogP contribution in [0.4, 0.5) is 0 Å². The Balaban J connectivity index is 1.57. The van der Waals surface area contributed by atoms with E-state index in [-0.39, 0.29) is 12.0 Å². The van der Waals surface area contributed by atoms with Gasteiger partial charge in [-0.15, -0.1) is 0 Å². The second-order valence-corrected chi connectivity index (χ2v) is 4.67. The molecule has 20 heavy (non-hydrogen) atoms. The van der Waals surface area contributed by atoms with E-state index in [0.717, 1.165) is 30.8 Å². The molecule has 0 unspecified atom stereocenters. The van der Waals surface area contributed by atoms with Crippen molar-refractivity contribution in [3.8, 4) is 11.5 Å². The van der Waals surface area contributed by atoms with Crippen molar-refractivity contribution in [2.75, 3.05) is 26.9 Å². The maximum Gasteiger partial charge on any atom is 0.249 e. The van der Waals surface area contributed by atoms with E-state index in [9.17, 15) is 4.79 Å². The molecular formula is C15H21NO4. The molecule has 0 radical (unpaired) electrons. The van der Waals surface area contributed by atoms with Gasteiger partial charge in [-0.25, -0.2) is 0 Å². The molecule has 0 spiro atoms. The molecule has 1 aliphatic heterocycles. The largest absolute Gasteiger partial charge is 0.497 e. The fourth-order valence-electron chi connectivity index (χ4n) is 2.04. The van der Waals surface area contributed by atoms with Gasteiger partial charge in [0.05, 0.1) is 13.7 Å². The summed E-state index contributed by atoms with van der Waals surface area (Å²) in [5.41, 5.74) is 0. The summed E-state index contributed by atoms with van der Waals surface area (Å²) in [5.74, 6) is 1.60. The fraction of sp³-hybridized carbons (Fsp3) is 0.533. The van der Waals surface area contributed by atoms with E-state index >= 15 is 0 Å². The molecule has 0 aliphatic carbocycles. The highest BCUT2D eigenvalue weighted by atomic mass is 16.5. The van der Waals surface area contributed by atoms with Gasteiger partial charge in [0.1, 0.15) is 17.6 Å². The van der Waals surface area contributed by atoms with E-state index in [2.05, 4.69) is 5.32 Å². The first-order valence-electron chi connectivity index (χ1n) is 6.96. The molecule has 0 saturated carbocycles. The highest BCUT2D eigenvalue weighted by Crippen LogP contribution is 2.17. The van der Waals surface area contributed by atoms with Crippen molar-refractivity contribution in [3.63, 3.8) is 0 Å². The lowest BCUT2D eigenvalue weighted by Crippen LogP contribution is -2.35. The van der Waals surface area contributed by atoms with Crippen LogP contribution in [-0.4, -0.2) is 38.9 Å². The van der Waals surface area contributed by atoms with Gasteiger partial charge in [0.25, 0.3) is 0 Å². The Morgan fingerprint density at radius 3 is 2.75 bits per heavy atom. The number of methoxy groups -OCH3 is 1. The maximum absolute atomic E-state index is 11.7. The van der Waals surface area contributed by atoms with Gasteiger partial charge in [0, 0.05) is 13.2 Å². The average molecular weight is 279 g/mol. The molecule has 5 heteroatoms. The average Bonchev–Trinajstić information content (AvgIpc) is 3.01. The Morgan fingerprint density at radius 2 is 2.10 bits per heavy atom. The third-order valence-electron chi connectivity index (χ3n) is 3.17. The van der Waals surface area contributed by atoms with Crippen molar-refractivity contribution >= 4 is 5.91 Å². The van der Waals surface area contributed by atoms with Crippen LogP contribution in [0.25, 0.3) is 0 Å². The maximum atomic E-state index is 11.7. The molecule has 1 fully saturated rings. The molecule has 5 nitrogen and oxygen atoms in total. The van der Waals surface area contributed by atoms with Crippen molar-refractivity contribution in [2.45, 2.75) is 25.4 Å². The lowest BCUT2D eigenvalue weighted by atomic mass is 10.2. The molecule has 0 aromatic heterocycles. The molecule has 1 amide bonds. The Kier molecular flexibility index (Phi) is 5.68. The van der Waals surface area contributed by atoms with E-state index in [4.69, 9.17) is 14.2 Å². The predicted octanol–water partition coefficient (Wildman–Crippen LogP) is 1.76. The first kappa shape index (κ1) is 14.7. The minimum absolute atomic E-state index is 0.00746. The topological polar surface area (TPSA) is 56.8 Å². The third kappa shape index (κ3) is 4.42. The van der Waals surface area contributed by atoms with E-state index < -0.39 is 0 Å². The fourth-order valence-corrected chi connectivity index (χ4v) is 2.04. The van der Waals surface area contributed by atoms with Gasteiger partial charge < -0.3 is 19.5 Å². The summed E-state index contributed by atoms with van der Waals surface area (Å²) in [4.78, 5) is 11.7. The Hall–Kier alpha value is -1.75. The highest BCUT2D eigenvalue weighted by Gasteiger charge is 2.22. The Labute approximate surface area is 119 Å². The minimum atomic E-state index is -0.252. The van der Waals surface area contributed by atoms with Gasteiger partial charge in [0.2, 0.25) is 5.91 Å². The third-order valence-corrected chi connectivity index (χ3v) is 3.17. The molecule has 1 aliphatic rings. The Morgan fingerprint density at radius 1 is 1.35 bits per heavy atom. The predicted molar refractivity (Wildman–Crippen MR) is 75.1 cm³/mol. The van der Waals surface area contributed by atoms with E-state index in [1.54, 1.807) is 7.11 Å². The molecule has 110 valence electrons. The quantitative estimate of drug-likeness (QED) is 0.773. The summed E-state index contributed by atoms with van der Waals surface area (Å²) >= 11 is 0. The van der Waals surface area contributed by atoms with E-state index in [1.165, 1.54) is 0 Å². The molecule has 1 saturated heterocycles. The van der Waals surface area contributed by atoms with Crippen LogP contribution in [-0.2, 0) is 9.53 Å². The summed E-state index contributed by atoms with van der Waals surface area (Å²) in [6.07, 6.45) is 2.31. The standard InChI is InChI=1S/C15H21NO4/c1-18-12-5-7-13(8-6-12)19-11-3-9-16-15(17)14-4-2-10-20-14/h5-8,14H,2-4,9-11H2,1H3,(H,16,17)/t14-/m1/s1. The number of hydrogen-bond acceptors (Lipinski definition) is 4. The van der Waals surface area contributed by atoms with Gasteiger partial charge in [-0.3, -0.25) is 4.79 Å². The van der Waals surface area contributed by atoms with Gasteiger partial charge in [0.15, 0.2) is 0 Å². The summed E-state index contributed by atoms with van der Waals surface area (Å²) in [5, 5.41) is 2.87. The van der Waals surface area contributed by atoms with Crippen LogP contribution in [0.2, 0.25) is 0 Å². The first-order chi connectivity index (χ1) is 9.79. The van der Waals surface area contributed by atoms with Gasteiger partial charge in [-0.05, 0) is 43.5 Å². The zero-order valence-corrected chi connectivity index (χ0v) is 11.8. The smallest absolute Gasteiger partial charge is 0.249 e. The van der Waals surface area contributed by atoms with Crippen molar-refractivity contribution < 1.29 is 19.0 Å². The Bertz CT molecular complexity index is 412. The van der Waals surface area contributed by atoms with Crippen LogP contribution in [0, 0.1) is 0 Å². The normalized spacial score (nSPS) is 17.8. The van der Waals surface area contributed by atoms with Crippen LogP contribution in [0.3, 0.4) is 0 Å². The summed E-state index contributed by atoms with van der Waals surface area (Å²) in [6.45, 7) is 1.87.